The number of anilines is 1. The van der Waals surface area contributed by atoms with Gasteiger partial charge in [-0.1, -0.05) is 6.92 Å². The van der Waals surface area contributed by atoms with Crippen LogP contribution in [-0.2, 0) is 9.53 Å². The number of esters is 1. The molecule has 110 valence electrons. The third-order valence-corrected chi connectivity index (χ3v) is 2.19. The lowest BCUT2D eigenvalue weighted by atomic mass is 10.2. The monoisotopic (exact) mass is 279 g/mol. The lowest BCUT2D eigenvalue weighted by Crippen LogP contribution is -2.27. The Labute approximate surface area is 119 Å². The average molecular weight is 279 g/mol. The summed E-state index contributed by atoms with van der Waals surface area (Å²) in [4.78, 5) is 22.9. The van der Waals surface area contributed by atoms with Crippen molar-refractivity contribution in [2.24, 2.45) is 0 Å². The van der Waals surface area contributed by atoms with Crippen molar-refractivity contribution < 1.29 is 19.1 Å². The van der Waals surface area contributed by atoms with E-state index in [4.69, 9.17) is 9.47 Å². The molecule has 0 aliphatic heterocycles. The van der Waals surface area contributed by atoms with Gasteiger partial charge in [-0.3, -0.25) is 10.1 Å². The van der Waals surface area contributed by atoms with Crippen molar-refractivity contribution >= 4 is 17.7 Å². The lowest BCUT2D eigenvalue weighted by Gasteiger charge is -2.19. The van der Waals surface area contributed by atoms with E-state index in [1.54, 1.807) is 45.0 Å². The first kappa shape index (κ1) is 16.0. The highest BCUT2D eigenvalue weighted by molar-refractivity contribution is 5.85. The number of hydrogen-bond acceptors (Lipinski definition) is 4. The number of amides is 1. The van der Waals surface area contributed by atoms with Crippen LogP contribution in [0.5, 0.6) is 5.75 Å². The van der Waals surface area contributed by atoms with E-state index in [0.717, 1.165) is 6.42 Å². The average Bonchev–Trinajstić information content (AvgIpc) is 2.29. The Balaban J connectivity index is 2.54. The van der Waals surface area contributed by atoms with E-state index in [2.05, 4.69) is 5.32 Å². The van der Waals surface area contributed by atoms with Crippen LogP contribution in [0, 0.1) is 0 Å². The number of rotatable bonds is 4. The molecular formula is C15H21NO4. The van der Waals surface area contributed by atoms with Crippen molar-refractivity contribution in [2.75, 3.05) is 5.32 Å². The van der Waals surface area contributed by atoms with Gasteiger partial charge < -0.3 is 9.47 Å². The topological polar surface area (TPSA) is 64.6 Å². The molecule has 0 saturated carbocycles. The zero-order valence-electron chi connectivity index (χ0n) is 12.4. The molecule has 0 radical (unpaired) electrons. The number of benzene rings is 1. The highest BCUT2D eigenvalue weighted by Crippen LogP contribution is 2.17. The van der Waals surface area contributed by atoms with Gasteiger partial charge in [-0.2, -0.15) is 0 Å². The molecule has 20 heavy (non-hydrogen) atoms. The Bertz CT molecular complexity index is 460. The van der Waals surface area contributed by atoms with Gasteiger partial charge in [0.25, 0.3) is 0 Å². The molecule has 5 nitrogen and oxygen atoms in total. The standard InChI is InChI=1S/C15H21NO4/c1-5-6-13(17)19-12-9-7-11(8-10-12)16-14(18)20-15(2,3)4/h7-10H,5-6H2,1-4H3,(H,16,18). The van der Waals surface area contributed by atoms with Crippen molar-refractivity contribution in [3.63, 3.8) is 0 Å². The molecule has 1 N–H and O–H groups in total. The second-order valence-corrected chi connectivity index (χ2v) is 5.38. The summed E-state index contributed by atoms with van der Waals surface area (Å²) in [5, 5.41) is 2.60. The van der Waals surface area contributed by atoms with Crippen molar-refractivity contribution in [3.8, 4) is 5.75 Å². The van der Waals surface area contributed by atoms with E-state index in [9.17, 15) is 9.59 Å². The van der Waals surface area contributed by atoms with Crippen molar-refractivity contribution in [1.29, 1.82) is 0 Å². The van der Waals surface area contributed by atoms with E-state index in [-0.39, 0.29) is 5.97 Å². The van der Waals surface area contributed by atoms with Gasteiger partial charge in [0.15, 0.2) is 0 Å². The summed E-state index contributed by atoms with van der Waals surface area (Å²) in [5.74, 6) is 0.193. The zero-order chi connectivity index (χ0) is 15.2. The van der Waals surface area contributed by atoms with Crippen LogP contribution in [0.15, 0.2) is 24.3 Å². The fourth-order valence-electron chi connectivity index (χ4n) is 1.41. The smallest absolute Gasteiger partial charge is 0.412 e. The van der Waals surface area contributed by atoms with Crippen LogP contribution in [0.25, 0.3) is 0 Å². The summed E-state index contributed by atoms with van der Waals surface area (Å²) in [6.07, 6.45) is 0.614. The van der Waals surface area contributed by atoms with Gasteiger partial charge in [0.2, 0.25) is 0 Å². The van der Waals surface area contributed by atoms with Gasteiger partial charge in [-0.05, 0) is 51.5 Å². The second kappa shape index (κ2) is 6.93. The van der Waals surface area contributed by atoms with Gasteiger partial charge in [-0.25, -0.2) is 4.79 Å². The molecule has 0 unspecified atom stereocenters. The highest BCUT2D eigenvalue weighted by Gasteiger charge is 2.16. The minimum Gasteiger partial charge on any atom is -0.444 e. The highest BCUT2D eigenvalue weighted by atomic mass is 16.6. The molecule has 0 fully saturated rings. The first-order valence-electron chi connectivity index (χ1n) is 6.61. The number of hydrogen-bond donors (Lipinski definition) is 1. The van der Waals surface area contributed by atoms with Gasteiger partial charge in [0.1, 0.15) is 11.4 Å². The molecule has 0 aliphatic carbocycles. The Morgan fingerprint density at radius 3 is 2.25 bits per heavy atom. The molecular weight excluding hydrogens is 258 g/mol. The summed E-state index contributed by atoms with van der Waals surface area (Å²) in [6, 6.07) is 6.55. The normalized spacial score (nSPS) is 10.8. The minimum atomic E-state index is -0.542. The Morgan fingerprint density at radius 1 is 1.15 bits per heavy atom. The van der Waals surface area contributed by atoms with Gasteiger partial charge in [0.05, 0.1) is 0 Å². The molecule has 0 heterocycles. The molecule has 0 atom stereocenters. The minimum absolute atomic E-state index is 0.264. The van der Waals surface area contributed by atoms with Gasteiger partial charge in [-0.15, -0.1) is 0 Å². The maximum absolute atomic E-state index is 11.6. The maximum atomic E-state index is 11.6. The van der Waals surface area contributed by atoms with E-state index >= 15 is 0 Å². The van der Waals surface area contributed by atoms with E-state index in [1.807, 2.05) is 6.92 Å². The predicted molar refractivity (Wildman–Crippen MR) is 76.8 cm³/mol. The molecule has 0 spiro atoms. The zero-order valence-corrected chi connectivity index (χ0v) is 12.4. The lowest BCUT2D eigenvalue weighted by molar-refractivity contribution is -0.134. The largest absolute Gasteiger partial charge is 0.444 e. The second-order valence-electron chi connectivity index (χ2n) is 5.38. The van der Waals surface area contributed by atoms with E-state index in [1.165, 1.54) is 0 Å². The van der Waals surface area contributed by atoms with Crippen LogP contribution in [0.2, 0.25) is 0 Å². The number of nitrogens with one attached hydrogen (secondary N) is 1. The molecule has 5 heteroatoms. The van der Waals surface area contributed by atoms with Crippen LogP contribution in [0.1, 0.15) is 40.5 Å². The van der Waals surface area contributed by atoms with Crippen LogP contribution < -0.4 is 10.1 Å². The van der Waals surface area contributed by atoms with Crippen LogP contribution >= 0.6 is 0 Å². The summed E-state index contributed by atoms with van der Waals surface area (Å²) in [7, 11) is 0. The quantitative estimate of drug-likeness (QED) is 0.673. The third-order valence-electron chi connectivity index (χ3n) is 2.19. The molecule has 0 saturated heterocycles. The van der Waals surface area contributed by atoms with Crippen LogP contribution in [0.3, 0.4) is 0 Å². The Kier molecular flexibility index (Phi) is 5.55. The van der Waals surface area contributed by atoms with Crippen LogP contribution in [-0.4, -0.2) is 17.7 Å². The van der Waals surface area contributed by atoms with Gasteiger partial charge >= 0.3 is 12.1 Å². The maximum Gasteiger partial charge on any atom is 0.412 e. The summed E-state index contributed by atoms with van der Waals surface area (Å²) in [5.41, 5.74) is 0.0363. The van der Waals surface area contributed by atoms with Crippen LogP contribution in [0.4, 0.5) is 10.5 Å². The summed E-state index contributed by atoms with van der Waals surface area (Å²) >= 11 is 0. The molecule has 0 bridgehead atoms. The molecule has 0 aromatic heterocycles. The van der Waals surface area contributed by atoms with Crippen molar-refractivity contribution in [2.45, 2.75) is 46.1 Å². The number of ether oxygens (including phenoxy) is 2. The van der Waals surface area contributed by atoms with Gasteiger partial charge in [0, 0.05) is 12.1 Å². The fourth-order valence-corrected chi connectivity index (χ4v) is 1.41. The SMILES string of the molecule is CCCC(=O)Oc1ccc(NC(=O)OC(C)(C)C)cc1. The number of carbonyl (C=O) groups is 2. The van der Waals surface area contributed by atoms with Crippen molar-refractivity contribution in [3.05, 3.63) is 24.3 Å². The summed E-state index contributed by atoms with van der Waals surface area (Å²) < 4.78 is 10.2. The first-order valence-corrected chi connectivity index (χ1v) is 6.61. The molecule has 1 aromatic rings. The molecule has 1 amide bonds. The predicted octanol–water partition coefficient (Wildman–Crippen LogP) is 3.74. The van der Waals surface area contributed by atoms with E-state index < -0.39 is 11.7 Å². The molecule has 1 aromatic carbocycles. The third kappa shape index (κ3) is 6.22. The Morgan fingerprint density at radius 2 is 1.75 bits per heavy atom. The summed E-state index contributed by atoms with van der Waals surface area (Å²) in [6.45, 7) is 7.30. The Hall–Kier alpha value is -2.04. The fraction of sp³-hybridized carbons (Fsp3) is 0.467. The number of carbonyl (C=O) groups excluding carboxylic acids is 2. The van der Waals surface area contributed by atoms with E-state index in [0.29, 0.717) is 17.9 Å². The van der Waals surface area contributed by atoms with Crippen molar-refractivity contribution in [1.82, 2.24) is 0 Å². The molecule has 1 rings (SSSR count). The molecule has 0 aliphatic rings. The first-order chi connectivity index (χ1) is 9.30.